The number of fused-ring (bicyclic) bond motifs is 1. The van der Waals surface area contributed by atoms with E-state index in [-0.39, 0.29) is 17.0 Å². The van der Waals surface area contributed by atoms with E-state index in [9.17, 15) is 15.0 Å². The Balaban J connectivity index is 1.53. The molecule has 0 radical (unpaired) electrons. The van der Waals surface area contributed by atoms with Gasteiger partial charge in [-0.05, 0) is 33.4 Å². The number of nitrogens with zero attached hydrogens (tertiary/aromatic N) is 5. The van der Waals surface area contributed by atoms with Gasteiger partial charge in [-0.1, -0.05) is 5.16 Å². The largest absolute Gasteiger partial charge is 0.479 e. The van der Waals surface area contributed by atoms with E-state index < -0.39 is 30.2 Å². The van der Waals surface area contributed by atoms with Gasteiger partial charge in [0.1, 0.15) is 36.8 Å². The number of aromatic nitrogens is 4. The lowest BCUT2D eigenvalue weighted by molar-refractivity contribution is -0.0438. The van der Waals surface area contributed by atoms with Crippen LogP contribution >= 0.6 is 0 Å². The number of aliphatic hydroxyl groups excluding tert-OH is 2. The topological polar surface area (TPSA) is 173 Å². The van der Waals surface area contributed by atoms with E-state index in [1.54, 1.807) is 6.92 Å². The standard InChI is InChI=1S/C19H31N7O6/c1-4-30-11(2)24-31-8-6-5-7-25(3)9-12-14(27)15(28)18(32-12)26-17-13(23-19(26)29)16(20)21-10-22-17/h10,12,14-15,18,27-28H,4-9H2,1-3H3,(H,23,29)(H2,20,21,22)/b24-11-/t12-,14-,15-,18-/m1/s1. The molecule has 1 aliphatic heterocycles. The summed E-state index contributed by atoms with van der Waals surface area (Å²) in [5.41, 5.74) is 5.68. The fourth-order valence-electron chi connectivity index (χ4n) is 3.60. The predicted molar refractivity (Wildman–Crippen MR) is 116 cm³/mol. The normalized spacial score (nSPS) is 23.9. The minimum absolute atomic E-state index is 0.109. The van der Waals surface area contributed by atoms with E-state index in [4.69, 9.17) is 20.0 Å². The van der Waals surface area contributed by atoms with Gasteiger partial charge in [0.25, 0.3) is 0 Å². The Labute approximate surface area is 184 Å². The van der Waals surface area contributed by atoms with Crippen molar-refractivity contribution in [2.24, 2.45) is 5.16 Å². The Morgan fingerprint density at radius 1 is 1.38 bits per heavy atom. The number of imidazole rings is 1. The van der Waals surface area contributed by atoms with Gasteiger partial charge < -0.3 is 40.1 Å². The van der Waals surface area contributed by atoms with Gasteiger partial charge in [0, 0.05) is 13.5 Å². The maximum atomic E-state index is 12.4. The highest BCUT2D eigenvalue weighted by Gasteiger charge is 2.45. The Hall–Kier alpha value is -2.74. The first-order chi connectivity index (χ1) is 15.3. The van der Waals surface area contributed by atoms with E-state index in [1.165, 1.54) is 6.33 Å². The molecule has 2 aromatic rings. The van der Waals surface area contributed by atoms with Crippen molar-refractivity contribution in [2.45, 2.75) is 51.2 Å². The summed E-state index contributed by atoms with van der Waals surface area (Å²) in [6.45, 7) is 5.72. The number of likely N-dealkylation sites (N-methyl/N-ethyl adjacent to an activating group) is 1. The van der Waals surface area contributed by atoms with E-state index in [1.807, 2.05) is 18.9 Å². The minimum Gasteiger partial charge on any atom is -0.479 e. The number of rotatable bonds is 10. The van der Waals surface area contributed by atoms with Crippen molar-refractivity contribution < 1.29 is 24.5 Å². The van der Waals surface area contributed by atoms with Crippen molar-refractivity contribution in [1.29, 1.82) is 0 Å². The Kier molecular flexibility index (Phi) is 8.01. The van der Waals surface area contributed by atoms with Crippen LogP contribution in [0.4, 0.5) is 5.82 Å². The summed E-state index contributed by atoms with van der Waals surface area (Å²) in [5, 5.41) is 24.9. The van der Waals surface area contributed by atoms with Crippen LogP contribution in [0.5, 0.6) is 0 Å². The second-order valence-corrected chi connectivity index (χ2v) is 7.65. The van der Waals surface area contributed by atoms with E-state index in [0.29, 0.717) is 25.7 Å². The molecule has 0 saturated carbocycles. The van der Waals surface area contributed by atoms with Crippen LogP contribution in [0.25, 0.3) is 11.2 Å². The third-order valence-electron chi connectivity index (χ3n) is 5.19. The van der Waals surface area contributed by atoms with Crippen LogP contribution in [0.15, 0.2) is 16.3 Å². The molecule has 0 bridgehead atoms. The molecule has 13 heteroatoms. The number of H-pyrrole nitrogens is 1. The van der Waals surface area contributed by atoms with Crippen molar-refractivity contribution in [3.63, 3.8) is 0 Å². The summed E-state index contributed by atoms with van der Waals surface area (Å²) >= 11 is 0. The van der Waals surface area contributed by atoms with Crippen LogP contribution in [0.3, 0.4) is 0 Å². The molecule has 0 aromatic carbocycles. The van der Waals surface area contributed by atoms with Crippen LogP contribution in [0.2, 0.25) is 0 Å². The molecule has 13 nitrogen and oxygen atoms in total. The van der Waals surface area contributed by atoms with Gasteiger partial charge in [0.15, 0.2) is 17.7 Å². The highest BCUT2D eigenvalue weighted by Crippen LogP contribution is 2.31. The molecule has 2 aromatic heterocycles. The molecule has 5 N–H and O–H groups in total. The lowest BCUT2D eigenvalue weighted by atomic mass is 10.1. The maximum Gasteiger partial charge on any atom is 0.330 e. The number of nitrogens with one attached hydrogen (secondary N) is 1. The number of oxime groups is 1. The highest BCUT2D eigenvalue weighted by atomic mass is 16.6. The summed E-state index contributed by atoms with van der Waals surface area (Å²) in [6, 6.07) is 0. The number of hydrogen-bond acceptors (Lipinski definition) is 11. The van der Waals surface area contributed by atoms with Crippen molar-refractivity contribution in [2.75, 3.05) is 39.1 Å². The number of ether oxygens (including phenoxy) is 2. The number of nitrogen functional groups attached to an aromatic ring is 1. The van der Waals surface area contributed by atoms with Gasteiger partial charge in [-0.15, -0.1) is 0 Å². The maximum absolute atomic E-state index is 12.4. The van der Waals surface area contributed by atoms with E-state index in [0.717, 1.165) is 24.0 Å². The second-order valence-electron chi connectivity index (χ2n) is 7.65. The fraction of sp³-hybridized carbons (Fsp3) is 0.684. The number of hydrogen-bond donors (Lipinski definition) is 4. The zero-order chi connectivity index (χ0) is 23.3. The zero-order valence-corrected chi connectivity index (χ0v) is 18.5. The first kappa shape index (κ1) is 23.9. The van der Waals surface area contributed by atoms with Crippen LogP contribution in [0.1, 0.15) is 32.9 Å². The van der Waals surface area contributed by atoms with Gasteiger partial charge in [0.2, 0.25) is 5.90 Å². The molecule has 32 heavy (non-hydrogen) atoms. The van der Waals surface area contributed by atoms with Gasteiger partial charge in [-0.25, -0.2) is 19.3 Å². The van der Waals surface area contributed by atoms with Crippen molar-refractivity contribution >= 4 is 22.9 Å². The number of nitrogens with two attached hydrogens (primary N) is 1. The third-order valence-corrected chi connectivity index (χ3v) is 5.19. The molecule has 3 rings (SSSR count). The van der Waals surface area contributed by atoms with Crippen LogP contribution in [0, 0.1) is 0 Å². The average molecular weight is 454 g/mol. The highest BCUT2D eigenvalue weighted by molar-refractivity contribution is 5.81. The molecular formula is C19H31N7O6. The molecule has 1 aliphatic rings. The molecule has 178 valence electrons. The smallest absolute Gasteiger partial charge is 0.330 e. The Bertz CT molecular complexity index is 977. The summed E-state index contributed by atoms with van der Waals surface area (Å²) in [5.74, 6) is 0.603. The molecule has 4 atom stereocenters. The average Bonchev–Trinajstić information content (AvgIpc) is 3.22. The lowest BCUT2D eigenvalue weighted by Crippen LogP contribution is -2.39. The van der Waals surface area contributed by atoms with Gasteiger partial charge in [-0.2, -0.15) is 0 Å². The zero-order valence-electron chi connectivity index (χ0n) is 18.5. The number of anilines is 1. The molecule has 1 saturated heterocycles. The summed E-state index contributed by atoms with van der Waals surface area (Å²) in [7, 11) is 1.89. The number of unbranched alkanes of at least 4 members (excludes halogenated alkanes) is 1. The molecule has 0 unspecified atom stereocenters. The number of aromatic amines is 1. The van der Waals surface area contributed by atoms with Crippen molar-refractivity contribution in [3.05, 3.63) is 16.8 Å². The predicted octanol–water partition coefficient (Wildman–Crippen LogP) is -0.580. The monoisotopic (exact) mass is 453 g/mol. The van der Waals surface area contributed by atoms with Gasteiger partial charge in [-0.3, -0.25) is 0 Å². The molecule has 0 amide bonds. The SMILES string of the molecule is CCO/C(C)=N\OCCCCN(C)C[C@H]1O[C@@H](n2c(=O)[nH]c3c(N)ncnc32)[C@H](O)[C@@H]1O. The van der Waals surface area contributed by atoms with Crippen LogP contribution in [-0.4, -0.2) is 92.2 Å². The van der Waals surface area contributed by atoms with Crippen LogP contribution < -0.4 is 11.4 Å². The van der Waals surface area contributed by atoms with E-state index in [2.05, 4.69) is 20.1 Å². The summed E-state index contributed by atoms with van der Waals surface area (Å²) in [4.78, 5) is 30.1. The Morgan fingerprint density at radius 2 is 2.16 bits per heavy atom. The number of aliphatic hydroxyl groups is 2. The van der Waals surface area contributed by atoms with E-state index >= 15 is 0 Å². The third kappa shape index (κ3) is 5.35. The summed E-state index contributed by atoms with van der Waals surface area (Å²) in [6.07, 6.45) is -1.41. The minimum atomic E-state index is -1.30. The fourth-order valence-corrected chi connectivity index (χ4v) is 3.60. The van der Waals surface area contributed by atoms with Gasteiger partial charge in [0.05, 0.1) is 6.61 Å². The van der Waals surface area contributed by atoms with Crippen molar-refractivity contribution in [1.82, 2.24) is 24.4 Å². The van der Waals surface area contributed by atoms with Crippen LogP contribution in [-0.2, 0) is 14.3 Å². The molecule has 0 spiro atoms. The van der Waals surface area contributed by atoms with Gasteiger partial charge >= 0.3 is 5.69 Å². The molecule has 1 fully saturated rings. The molecular weight excluding hydrogens is 422 g/mol. The second kappa shape index (κ2) is 10.7. The summed E-state index contributed by atoms with van der Waals surface area (Å²) < 4.78 is 12.2. The molecule has 3 heterocycles. The first-order valence-electron chi connectivity index (χ1n) is 10.5. The van der Waals surface area contributed by atoms with Crippen molar-refractivity contribution in [3.8, 4) is 0 Å². The quantitative estimate of drug-likeness (QED) is 0.158. The Morgan fingerprint density at radius 3 is 2.91 bits per heavy atom. The molecule has 0 aliphatic carbocycles. The first-order valence-corrected chi connectivity index (χ1v) is 10.5. The lowest BCUT2D eigenvalue weighted by Gasteiger charge is -2.22.